The second kappa shape index (κ2) is 7.51. The number of benzene rings is 1. The Bertz CT molecular complexity index is 651. The van der Waals surface area contributed by atoms with E-state index in [1.807, 2.05) is 0 Å². The van der Waals surface area contributed by atoms with Crippen molar-refractivity contribution in [3.63, 3.8) is 0 Å². The van der Waals surface area contributed by atoms with Crippen molar-refractivity contribution in [2.24, 2.45) is 10.7 Å². The van der Waals surface area contributed by atoms with Crippen LogP contribution in [0.5, 0.6) is 0 Å². The third-order valence-corrected chi connectivity index (χ3v) is 5.16. The van der Waals surface area contributed by atoms with E-state index in [4.69, 9.17) is 5.73 Å². The van der Waals surface area contributed by atoms with Gasteiger partial charge in [0, 0.05) is 42.7 Å². The molecule has 2 heterocycles. The van der Waals surface area contributed by atoms with Crippen molar-refractivity contribution in [3.8, 4) is 0 Å². The fourth-order valence-corrected chi connectivity index (χ4v) is 3.77. The summed E-state index contributed by atoms with van der Waals surface area (Å²) in [5, 5.41) is 5.32. The number of nitrogens with zero attached hydrogens (tertiary/aromatic N) is 2. The molecule has 122 valence electrons. The number of fused-ring (bicyclic) bond motifs is 1. The van der Waals surface area contributed by atoms with Gasteiger partial charge < -0.3 is 16.0 Å². The highest BCUT2D eigenvalue weighted by Crippen LogP contribution is 2.31. The monoisotopic (exact) mass is 328 g/mol. The van der Waals surface area contributed by atoms with E-state index >= 15 is 0 Å². The van der Waals surface area contributed by atoms with Gasteiger partial charge in [-0.2, -0.15) is 0 Å². The van der Waals surface area contributed by atoms with Gasteiger partial charge in [-0.05, 0) is 36.4 Å². The number of para-hydroxylation sites is 1. The zero-order valence-electron chi connectivity index (χ0n) is 13.5. The van der Waals surface area contributed by atoms with Crippen molar-refractivity contribution >= 4 is 23.0 Å². The van der Waals surface area contributed by atoms with E-state index in [1.165, 1.54) is 16.1 Å². The van der Waals surface area contributed by atoms with Crippen LogP contribution >= 0.6 is 11.3 Å². The molecule has 0 bridgehead atoms. The van der Waals surface area contributed by atoms with Crippen molar-refractivity contribution in [2.45, 2.75) is 25.8 Å². The number of anilines is 1. The normalized spacial score (nSPS) is 17.3. The second-order valence-electron chi connectivity index (χ2n) is 5.90. The summed E-state index contributed by atoms with van der Waals surface area (Å²) >= 11 is 1.77. The van der Waals surface area contributed by atoms with Crippen molar-refractivity contribution < 1.29 is 0 Å². The van der Waals surface area contributed by atoms with E-state index in [0.717, 1.165) is 32.5 Å². The highest BCUT2D eigenvalue weighted by atomic mass is 32.1. The molecule has 0 saturated heterocycles. The molecule has 1 atom stereocenters. The van der Waals surface area contributed by atoms with Gasteiger partial charge in [0.1, 0.15) is 0 Å². The van der Waals surface area contributed by atoms with Crippen LogP contribution in [0.15, 0.2) is 46.8 Å². The molecule has 0 amide bonds. The molecule has 0 aliphatic carbocycles. The van der Waals surface area contributed by atoms with Gasteiger partial charge in [0.05, 0.1) is 0 Å². The van der Waals surface area contributed by atoms with Gasteiger partial charge >= 0.3 is 0 Å². The molecular weight excluding hydrogens is 304 g/mol. The molecule has 0 saturated carbocycles. The fourth-order valence-electron chi connectivity index (χ4n) is 3.07. The van der Waals surface area contributed by atoms with Gasteiger partial charge in [-0.15, -0.1) is 11.3 Å². The number of rotatable bonds is 6. The molecule has 1 aliphatic rings. The van der Waals surface area contributed by atoms with Crippen LogP contribution in [0, 0.1) is 0 Å². The molecule has 1 aromatic carbocycles. The Morgan fingerprint density at radius 2 is 2.22 bits per heavy atom. The smallest absolute Gasteiger partial charge is 0.188 e. The predicted molar refractivity (Wildman–Crippen MR) is 99.5 cm³/mol. The Kier molecular flexibility index (Phi) is 5.18. The number of hydrogen-bond acceptors (Lipinski definition) is 3. The van der Waals surface area contributed by atoms with E-state index in [9.17, 15) is 0 Å². The summed E-state index contributed by atoms with van der Waals surface area (Å²) in [5.41, 5.74) is 8.75. The highest BCUT2D eigenvalue weighted by molar-refractivity contribution is 7.09. The van der Waals surface area contributed by atoms with Gasteiger partial charge in [0.2, 0.25) is 0 Å². The first-order valence-corrected chi connectivity index (χ1v) is 9.02. The molecule has 3 rings (SSSR count). The lowest BCUT2D eigenvalue weighted by molar-refractivity contribution is 0.660. The number of thiophene rings is 1. The van der Waals surface area contributed by atoms with E-state index in [-0.39, 0.29) is 0 Å². The second-order valence-corrected chi connectivity index (χ2v) is 6.93. The zero-order chi connectivity index (χ0) is 16.1. The molecule has 0 spiro atoms. The summed E-state index contributed by atoms with van der Waals surface area (Å²) in [6.45, 7) is 4.77. The van der Waals surface area contributed by atoms with Crippen LogP contribution in [-0.2, 0) is 12.8 Å². The lowest BCUT2D eigenvalue weighted by atomic mass is 10.1. The Hall–Kier alpha value is -2.01. The van der Waals surface area contributed by atoms with E-state index in [1.54, 1.807) is 11.3 Å². The third-order valence-electron chi connectivity index (χ3n) is 4.23. The summed E-state index contributed by atoms with van der Waals surface area (Å²) in [4.78, 5) is 8.19. The van der Waals surface area contributed by atoms with Crippen LogP contribution in [0.2, 0.25) is 0 Å². The molecule has 4 nitrogen and oxygen atoms in total. The standard InChI is InChI=1S/C18H24N4S/c1-14-13-15-5-2-3-7-17(15)22(14)11-10-21-18(19)20-9-8-16-6-4-12-23-16/h2-7,12,14H,8-11,13H2,1H3,(H3,19,20,21). The molecular formula is C18H24N4S. The minimum atomic E-state index is 0.543. The summed E-state index contributed by atoms with van der Waals surface area (Å²) in [6, 6.07) is 13.4. The topological polar surface area (TPSA) is 53.6 Å². The third kappa shape index (κ3) is 4.05. The van der Waals surface area contributed by atoms with Crippen molar-refractivity contribution in [1.82, 2.24) is 5.32 Å². The summed E-state index contributed by atoms with van der Waals surface area (Å²) < 4.78 is 0. The Balaban J connectivity index is 1.44. The summed E-state index contributed by atoms with van der Waals surface area (Å²) in [7, 11) is 0. The Morgan fingerprint density at radius 1 is 1.35 bits per heavy atom. The van der Waals surface area contributed by atoms with Gasteiger partial charge in [-0.3, -0.25) is 4.99 Å². The number of guanidine groups is 1. The fraction of sp³-hybridized carbons (Fsp3) is 0.389. The van der Waals surface area contributed by atoms with Crippen LogP contribution in [0.3, 0.4) is 0 Å². The van der Waals surface area contributed by atoms with E-state index < -0.39 is 0 Å². The minimum Gasteiger partial charge on any atom is -0.370 e. The summed E-state index contributed by atoms with van der Waals surface area (Å²) in [6.07, 6.45) is 2.08. The first-order chi connectivity index (χ1) is 11.2. The molecule has 1 unspecified atom stereocenters. The van der Waals surface area contributed by atoms with Crippen molar-refractivity contribution in [2.75, 3.05) is 24.5 Å². The maximum atomic E-state index is 5.95. The Labute approximate surface area is 142 Å². The molecule has 3 N–H and O–H groups in total. The van der Waals surface area contributed by atoms with Crippen LogP contribution in [0.4, 0.5) is 5.69 Å². The maximum Gasteiger partial charge on any atom is 0.188 e. The van der Waals surface area contributed by atoms with E-state index in [0.29, 0.717) is 12.0 Å². The minimum absolute atomic E-state index is 0.543. The first kappa shape index (κ1) is 15.9. The van der Waals surface area contributed by atoms with E-state index in [2.05, 4.69) is 63.9 Å². The number of nitrogens with one attached hydrogen (secondary N) is 1. The molecule has 0 fully saturated rings. The molecule has 23 heavy (non-hydrogen) atoms. The maximum absolute atomic E-state index is 5.95. The van der Waals surface area contributed by atoms with Crippen LogP contribution in [-0.4, -0.2) is 31.6 Å². The predicted octanol–water partition coefficient (Wildman–Crippen LogP) is 2.65. The lowest BCUT2D eigenvalue weighted by Gasteiger charge is -2.25. The van der Waals surface area contributed by atoms with Crippen molar-refractivity contribution in [1.29, 1.82) is 0 Å². The number of aliphatic imine (C=N–C) groups is 1. The highest BCUT2D eigenvalue weighted by Gasteiger charge is 2.24. The van der Waals surface area contributed by atoms with Gasteiger partial charge in [-0.1, -0.05) is 24.3 Å². The molecule has 2 aromatic rings. The number of nitrogens with two attached hydrogens (primary N) is 1. The van der Waals surface area contributed by atoms with Crippen LogP contribution < -0.4 is 16.0 Å². The molecule has 0 radical (unpaired) electrons. The van der Waals surface area contributed by atoms with Gasteiger partial charge in [0.15, 0.2) is 5.96 Å². The van der Waals surface area contributed by atoms with Gasteiger partial charge in [-0.25, -0.2) is 0 Å². The van der Waals surface area contributed by atoms with Crippen LogP contribution in [0.25, 0.3) is 0 Å². The summed E-state index contributed by atoms with van der Waals surface area (Å²) in [5.74, 6) is 0.543. The largest absolute Gasteiger partial charge is 0.370 e. The molecule has 1 aromatic heterocycles. The average molecular weight is 328 g/mol. The number of hydrogen-bond donors (Lipinski definition) is 2. The average Bonchev–Trinajstić information content (AvgIpc) is 3.16. The SMILES string of the molecule is CC1Cc2ccccc2N1CCNC(N)=NCCc1cccs1. The molecule has 5 heteroatoms. The van der Waals surface area contributed by atoms with Gasteiger partial charge in [0.25, 0.3) is 0 Å². The Morgan fingerprint density at radius 3 is 3.04 bits per heavy atom. The zero-order valence-corrected chi connectivity index (χ0v) is 14.4. The quantitative estimate of drug-likeness (QED) is 0.633. The van der Waals surface area contributed by atoms with Crippen molar-refractivity contribution in [3.05, 3.63) is 52.2 Å². The first-order valence-electron chi connectivity index (χ1n) is 8.15. The van der Waals surface area contributed by atoms with Crippen LogP contribution in [0.1, 0.15) is 17.4 Å². The lowest BCUT2D eigenvalue weighted by Crippen LogP contribution is -2.40. The molecule has 1 aliphatic heterocycles.